The van der Waals surface area contributed by atoms with Crippen molar-refractivity contribution in [1.82, 2.24) is 0 Å². The second-order valence-electron chi connectivity index (χ2n) is 4.35. The van der Waals surface area contributed by atoms with Gasteiger partial charge in [-0.25, -0.2) is 0 Å². The van der Waals surface area contributed by atoms with Crippen LogP contribution in [0.3, 0.4) is 0 Å². The van der Waals surface area contributed by atoms with Gasteiger partial charge in [0.2, 0.25) is 5.06 Å². The lowest BCUT2D eigenvalue weighted by molar-refractivity contribution is 0.289. The summed E-state index contributed by atoms with van der Waals surface area (Å²) in [6.45, 7) is 2.99. The molecule has 2 heterocycles. The summed E-state index contributed by atoms with van der Waals surface area (Å²) in [5.41, 5.74) is 0. The van der Waals surface area contributed by atoms with Crippen molar-refractivity contribution in [2.24, 2.45) is 0 Å². The van der Waals surface area contributed by atoms with E-state index in [9.17, 15) is 0 Å². The van der Waals surface area contributed by atoms with Crippen molar-refractivity contribution in [3.05, 3.63) is 23.6 Å². The number of ether oxygens (including phenoxy) is 2. The largest absolute Gasteiger partial charge is 0.489 e. The lowest BCUT2D eigenvalue weighted by atomic mass is 10.2. The van der Waals surface area contributed by atoms with Crippen LogP contribution in [0.2, 0.25) is 0 Å². The Labute approximate surface area is 123 Å². The minimum atomic E-state index is 0.775. The Kier molecular flexibility index (Phi) is 5.73. The molecule has 0 saturated carbocycles. The van der Waals surface area contributed by atoms with E-state index in [-0.39, 0.29) is 0 Å². The summed E-state index contributed by atoms with van der Waals surface area (Å²) in [4.78, 5) is 2.49. The fourth-order valence-electron chi connectivity index (χ4n) is 1.85. The molecular formula is C15H20O2S2. The van der Waals surface area contributed by atoms with Crippen LogP contribution in [0.1, 0.15) is 32.6 Å². The van der Waals surface area contributed by atoms with E-state index in [1.165, 1.54) is 29.0 Å². The highest BCUT2D eigenvalue weighted by Gasteiger charge is 2.12. The van der Waals surface area contributed by atoms with E-state index in [1.807, 2.05) is 0 Å². The average Bonchev–Trinajstić information content (AvgIpc) is 3.07. The van der Waals surface area contributed by atoms with Crippen LogP contribution in [-0.4, -0.2) is 13.7 Å². The van der Waals surface area contributed by atoms with E-state index in [0.717, 1.165) is 23.8 Å². The molecule has 0 N–H and O–H groups in total. The van der Waals surface area contributed by atoms with Gasteiger partial charge in [-0.1, -0.05) is 43.6 Å². The van der Waals surface area contributed by atoms with E-state index in [1.54, 1.807) is 29.8 Å². The predicted octanol–water partition coefficient (Wildman–Crippen LogP) is 5.44. The minimum Gasteiger partial charge on any atom is -0.489 e. The first-order valence-electron chi connectivity index (χ1n) is 6.69. The Bertz CT molecular complexity index is 474. The van der Waals surface area contributed by atoms with Gasteiger partial charge in [-0.2, -0.15) is 0 Å². The molecule has 0 fully saturated rings. The highest BCUT2D eigenvalue weighted by molar-refractivity contribution is 7.22. The molecule has 0 aliphatic carbocycles. The Morgan fingerprint density at radius 3 is 2.74 bits per heavy atom. The molecule has 2 aromatic heterocycles. The smallest absolute Gasteiger partial charge is 0.217 e. The van der Waals surface area contributed by atoms with Gasteiger partial charge in [0.05, 0.1) is 18.6 Å². The number of rotatable bonds is 8. The summed E-state index contributed by atoms with van der Waals surface area (Å²) in [5.74, 6) is 0.882. The third-order valence-electron chi connectivity index (χ3n) is 2.87. The normalized spacial score (nSPS) is 10.6. The van der Waals surface area contributed by atoms with Gasteiger partial charge in [0, 0.05) is 10.9 Å². The number of unbranched alkanes of at least 4 members (excludes halogenated alkanes) is 3. The molecule has 0 spiro atoms. The van der Waals surface area contributed by atoms with E-state index >= 15 is 0 Å². The molecule has 2 rings (SSSR count). The molecule has 0 bridgehead atoms. The topological polar surface area (TPSA) is 18.5 Å². The van der Waals surface area contributed by atoms with Crippen molar-refractivity contribution >= 4 is 22.7 Å². The van der Waals surface area contributed by atoms with Crippen molar-refractivity contribution in [2.75, 3.05) is 13.7 Å². The second kappa shape index (κ2) is 7.56. The van der Waals surface area contributed by atoms with Crippen molar-refractivity contribution in [2.45, 2.75) is 32.6 Å². The lowest BCUT2D eigenvalue weighted by Gasteiger charge is -2.05. The van der Waals surface area contributed by atoms with Crippen molar-refractivity contribution in [3.8, 4) is 20.6 Å². The van der Waals surface area contributed by atoms with Crippen LogP contribution in [0.4, 0.5) is 0 Å². The zero-order chi connectivity index (χ0) is 13.5. The minimum absolute atomic E-state index is 0.775. The quantitative estimate of drug-likeness (QED) is 0.603. The van der Waals surface area contributed by atoms with Crippen molar-refractivity contribution < 1.29 is 9.47 Å². The molecule has 0 aromatic carbocycles. The van der Waals surface area contributed by atoms with E-state index in [2.05, 4.69) is 30.5 Å². The van der Waals surface area contributed by atoms with E-state index in [4.69, 9.17) is 9.47 Å². The van der Waals surface area contributed by atoms with Gasteiger partial charge in [0.25, 0.3) is 0 Å². The Morgan fingerprint density at radius 2 is 2.05 bits per heavy atom. The average molecular weight is 296 g/mol. The van der Waals surface area contributed by atoms with Gasteiger partial charge in [-0.15, -0.1) is 11.3 Å². The molecule has 0 unspecified atom stereocenters. The van der Waals surface area contributed by atoms with Crippen LogP contribution < -0.4 is 9.47 Å². The van der Waals surface area contributed by atoms with Gasteiger partial charge in [0.15, 0.2) is 5.75 Å². The third-order valence-corrected chi connectivity index (χ3v) is 5.01. The van der Waals surface area contributed by atoms with Crippen molar-refractivity contribution in [3.63, 3.8) is 0 Å². The molecule has 19 heavy (non-hydrogen) atoms. The van der Waals surface area contributed by atoms with Crippen LogP contribution in [0.5, 0.6) is 10.8 Å². The lowest BCUT2D eigenvalue weighted by Crippen LogP contribution is -1.97. The first-order valence-corrected chi connectivity index (χ1v) is 8.39. The van der Waals surface area contributed by atoms with Crippen LogP contribution in [-0.2, 0) is 0 Å². The Balaban J connectivity index is 1.96. The number of hydrogen-bond acceptors (Lipinski definition) is 4. The van der Waals surface area contributed by atoms with Crippen LogP contribution in [0.15, 0.2) is 23.6 Å². The maximum Gasteiger partial charge on any atom is 0.217 e. The molecule has 0 aliphatic heterocycles. The third kappa shape index (κ3) is 3.98. The maximum absolute atomic E-state index is 5.84. The summed E-state index contributed by atoms with van der Waals surface area (Å²) in [6.07, 6.45) is 4.89. The first kappa shape index (κ1) is 14.4. The molecule has 2 aromatic rings. The highest BCUT2D eigenvalue weighted by Crippen LogP contribution is 2.43. The number of methoxy groups -OCH3 is 1. The Hall–Kier alpha value is -1.00. The fourth-order valence-corrected chi connectivity index (χ4v) is 3.59. The number of thiophene rings is 2. The zero-order valence-corrected chi connectivity index (χ0v) is 13.1. The van der Waals surface area contributed by atoms with Gasteiger partial charge < -0.3 is 9.47 Å². The molecule has 104 valence electrons. The molecule has 0 amide bonds. The Morgan fingerprint density at radius 1 is 1.16 bits per heavy atom. The van der Waals surface area contributed by atoms with Gasteiger partial charge in [0.1, 0.15) is 0 Å². The monoisotopic (exact) mass is 296 g/mol. The second-order valence-corrected chi connectivity index (χ2v) is 6.32. The summed E-state index contributed by atoms with van der Waals surface area (Å²) < 4.78 is 11.2. The SMILES string of the molecule is CCCCCCOc1cc(-c2cccs2)sc1OC. The van der Waals surface area contributed by atoms with E-state index in [0.29, 0.717) is 0 Å². The molecule has 4 heteroatoms. The van der Waals surface area contributed by atoms with Gasteiger partial charge in [-0.3, -0.25) is 0 Å². The molecule has 0 saturated heterocycles. The fraction of sp³-hybridized carbons (Fsp3) is 0.467. The highest BCUT2D eigenvalue weighted by atomic mass is 32.1. The molecule has 0 radical (unpaired) electrons. The molecule has 0 aliphatic rings. The number of hydrogen-bond donors (Lipinski definition) is 0. The van der Waals surface area contributed by atoms with Crippen LogP contribution >= 0.6 is 22.7 Å². The molecule has 0 atom stereocenters. The first-order chi connectivity index (χ1) is 9.35. The summed E-state index contributed by atoms with van der Waals surface area (Å²) in [5, 5.41) is 2.96. The zero-order valence-electron chi connectivity index (χ0n) is 11.5. The molecular weight excluding hydrogens is 276 g/mol. The standard InChI is InChI=1S/C15H20O2S2/c1-3-4-5-6-9-17-12-11-14(19-15(12)16-2)13-8-7-10-18-13/h7-8,10-11H,3-6,9H2,1-2H3. The summed E-state index contributed by atoms with van der Waals surface area (Å²) in [6, 6.07) is 6.29. The van der Waals surface area contributed by atoms with Gasteiger partial charge in [-0.05, 0) is 17.9 Å². The van der Waals surface area contributed by atoms with Gasteiger partial charge >= 0.3 is 0 Å². The predicted molar refractivity (Wildman–Crippen MR) is 83.8 cm³/mol. The summed E-state index contributed by atoms with van der Waals surface area (Å²) in [7, 11) is 1.70. The van der Waals surface area contributed by atoms with Crippen LogP contribution in [0, 0.1) is 0 Å². The van der Waals surface area contributed by atoms with E-state index < -0.39 is 0 Å². The van der Waals surface area contributed by atoms with Crippen molar-refractivity contribution in [1.29, 1.82) is 0 Å². The maximum atomic E-state index is 5.84. The molecule has 2 nitrogen and oxygen atoms in total. The van der Waals surface area contributed by atoms with Crippen LogP contribution in [0.25, 0.3) is 9.75 Å². The summed E-state index contributed by atoms with van der Waals surface area (Å²) >= 11 is 3.39.